The first-order valence-corrected chi connectivity index (χ1v) is 6.80. The minimum absolute atomic E-state index is 0.0565. The van der Waals surface area contributed by atoms with Gasteiger partial charge in [-0.15, -0.1) is 11.3 Å². The molecule has 0 aromatic carbocycles. The monoisotopic (exact) mass is 298 g/mol. The summed E-state index contributed by atoms with van der Waals surface area (Å²) in [6.07, 6.45) is 0. The van der Waals surface area contributed by atoms with Crippen LogP contribution in [0.1, 0.15) is 15.2 Å². The van der Waals surface area contributed by atoms with E-state index in [4.69, 9.17) is 5.73 Å². The fraction of sp³-hybridized carbons (Fsp3) is 0.182. The van der Waals surface area contributed by atoms with Gasteiger partial charge in [0, 0.05) is 6.07 Å². The van der Waals surface area contributed by atoms with E-state index in [-0.39, 0.29) is 5.00 Å². The van der Waals surface area contributed by atoms with Gasteiger partial charge in [0.1, 0.15) is 4.88 Å². The Kier molecular flexibility index (Phi) is 3.54. The number of nitro groups is 1. The van der Waals surface area contributed by atoms with Crippen LogP contribution >= 0.6 is 22.7 Å². The van der Waals surface area contributed by atoms with Gasteiger partial charge in [-0.05, 0) is 18.6 Å². The molecule has 0 atom stereocenters. The van der Waals surface area contributed by atoms with Crippen molar-refractivity contribution in [2.75, 3.05) is 12.8 Å². The zero-order chi connectivity index (χ0) is 14.2. The number of esters is 1. The molecule has 0 saturated carbocycles. The minimum Gasteiger partial charge on any atom is -0.465 e. The summed E-state index contributed by atoms with van der Waals surface area (Å²) in [5.41, 5.74) is 6.97. The molecule has 0 spiro atoms. The largest absolute Gasteiger partial charge is 0.465 e. The van der Waals surface area contributed by atoms with Crippen molar-refractivity contribution >= 4 is 39.3 Å². The van der Waals surface area contributed by atoms with Gasteiger partial charge >= 0.3 is 11.0 Å². The second-order valence-electron chi connectivity index (χ2n) is 3.69. The molecule has 0 unspecified atom stereocenters. The lowest BCUT2D eigenvalue weighted by Gasteiger charge is -1.96. The maximum Gasteiger partial charge on any atom is 0.350 e. The van der Waals surface area contributed by atoms with Crippen LogP contribution in [-0.4, -0.2) is 18.0 Å². The number of carbonyl (C=O) groups excluding carboxylic acids is 1. The second kappa shape index (κ2) is 4.98. The zero-order valence-electron chi connectivity index (χ0n) is 10.1. The Balaban J connectivity index is 2.50. The normalized spacial score (nSPS) is 10.4. The fourth-order valence-corrected chi connectivity index (χ4v) is 3.69. The number of anilines is 1. The Bertz CT molecular complexity index is 660. The van der Waals surface area contributed by atoms with Gasteiger partial charge in [-0.2, -0.15) is 0 Å². The topological polar surface area (TPSA) is 95.5 Å². The van der Waals surface area contributed by atoms with E-state index < -0.39 is 10.9 Å². The van der Waals surface area contributed by atoms with E-state index in [9.17, 15) is 14.9 Å². The lowest BCUT2D eigenvalue weighted by Crippen LogP contribution is -2.01. The van der Waals surface area contributed by atoms with Crippen molar-refractivity contribution in [2.45, 2.75) is 6.92 Å². The van der Waals surface area contributed by atoms with Gasteiger partial charge in [-0.1, -0.05) is 11.3 Å². The third-order valence-electron chi connectivity index (χ3n) is 2.56. The quantitative estimate of drug-likeness (QED) is 0.533. The predicted molar refractivity (Wildman–Crippen MR) is 74.8 cm³/mol. The smallest absolute Gasteiger partial charge is 0.350 e. The van der Waals surface area contributed by atoms with Gasteiger partial charge < -0.3 is 10.5 Å². The van der Waals surface area contributed by atoms with Crippen LogP contribution in [0.3, 0.4) is 0 Å². The summed E-state index contributed by atoms with van der Waals surface area (Å²) in [6.45, 7) is 1.78. The summed E-state index contributed by atoms with van der Waals surface area (Å²) in [7, 11) is 1.28. The lowest BCUT2D eigenvalue weighted by molar-refractivity contribution is -0.380. The molecule has 0 bridgehead atoms. The number of rotatable bonds is 3. The highest BCUT2D eigenvalue weighted by Gasteiger charge is 2.22. The SMILES string of the molecule is COC(=O)c1sc(-c2ccc([N+](=O)[O-])s2)c(C)c1N. The lowest BCUT2D eigenvalue weighted by atomic mass is 10.2. The standard InChI is InChI=1S/C11H10N2O4S2/c1-5-8(12)10(11(14)17-2)19-9(5)6-3-4-7(18-6)13(15)16/h3-4H,12H2,1-2H3. The van der Waals surface area contributed by atoms with Gasteiger partial charge in [-0.25, -0.2) is 4.79 Å². The maximum atomic E-state index is 11.5. The molecule has 0 radical (unpaired) electrons. The Morgan fingerprint density at radius 2 is 2.11 bits per heavy atom. The van der Waals surface area contributed by atoms with E-state index in [2.05, 4.69) is 4.74 Å². The molecular formula is C11H10N2O4S2. The van der Waals surface area contributed by atoms with Crippen LogP contribution in [0.25, 0.3) is 9.75 Å². The van der Waals surface area contributed by atoms with Crippen molar-refractivity contribution in [2.24, 2.45) is 0 Å². The van der Waals surface area contributed by atoms with Gasteiger partial charge in [0.05, 0.1) is 27.5 Å². The number of hydrogen-bond acceptors (Lipinski definition) is 7. The highest BCUT2D eigenvalue weighted by atomic mass is 32.1. The molecule has 2 rings (SSSR count). The maximum absolute atomic E-state index is 11.5. The third-order valence-corrected chi connectivity index (χ3v) is 5.06. The van der Waals surface area contributed by atoms with Crippen molar-refractivity contribution < 1.29 is 14.5 Å². The van der Waals surface area contributed by atoms with Gasteiger partial charge in [0.2, 0.25) is 0 Å². The summed E-state index contributed by atoms with van der Waals surface area (Å²) in [5.74, 6) is -0.497. The molecule has 8 heteroatoms. The first-order valence-electron chi connectivity index (χ1n) is 5.17. The number of carbonyl (C=O) groups is 1. The molecule has 6 nitrogen and oxygen atoms in total. The van der Waals surface area contributed by atoms with Crippen molar-refractivity contribution in [3.05, 3.63) is 32.7 Å². The predicted octanol–water partition coefficient (Wildman–Crippen LogP) is 3.06. The van der Waals surface area contributed by atoms with Crippen LogP contribution < -0.4 is 5.73 Å². The summed E-state index contributed by atoms with van der Waals surface area (Å²) in [4.78, 5) is 23.6. The van der Waals surface area contributed by atoms with Crippen molar-refractivity contribution in [3.8, 4) is 9.75 Å². The van der Waals surface area contributed by atoms with Gasteiger partial charge in [0.15, 0.2) is 0 Å². The van der Waals surface area contributed by atoms with Crippen molar-refractivity contribution in [1.82, 2.24) is 0 Å². The molecule has 0 saturated heterocycles. The van der Waals surface area contributed by atoms with Crippen LogP contribution in [-0.2, 0) is 4.74 Å². The Morgan fingerprint density at radius 1 is 1.42 bits per heavy atom. The van der Waals surface area contributed by atoms with Crippen LogP contribution in [0.4, 0.5) is 10.7 Å². The molecule has 0 aliphatic carbocycles. The number of nitrogens with zero attached hydrogens (tertiary/aromatic N) is 1. The molecule has 0 fully saturated rings. The molecule has 0 aliphatic heterocycles. The van der Waals surface area contributed by atoms with Crippen LogP contribution in [0, 0.1) is 17.0 Å². The van der Waals surface area contributed by atoms with Crippen LogP contribution in [0.15, 0.2) is 12.1 Å². The molecule has 2 N–H and O–H groups in total. The highest BCUT2D eigenvalue weighted by Crippen LogP contribution is 2.42. The number of thiophene rings is 2. The van der Waals surface area contributed by atoms with E-state index >= 15 is 0 Å². The van der Waals surface area contributed by atoms with E-state index in [1.165, 1.54) is 24.5 Å². The first kappa shape index (κ1) is 13.5. The van der Waals surface area contributed by atoms with E-state index in [1.807, 2.05) is 0 Å². The molecular weight excluding hydrogens is 288 g/mol. The molecule has 2 heterocycles. The van der Waals surface area contributed by atoms with E-state index in [1.54, 1.807) is 13.0 Å². The summed E-state index contributed by atoms with van der Waals surface area (Å²) in [5, 5.41) is 10.7. The van der Waals surface area contributed by atoms with Crippen LogP contribution in [0.2, 0.25) is 0 Å². The van der Waals surface area contributed by atoms with E-state index in [0.717, 1.165) is 26.7 Å². The average Bonchev–Trinajstić information content (AvgIpc) is 2.96. The Hall–Kier alpha value is -1.93. The number of ether oxygens (including phenoxy) is 1. The first-order chi connectivity index (χ1) is 8.95. The summed E-state index contributed by atoms with van der Waals surface area (Å²) in [6, 6.07) is 3.09. The Morgan fingerprint density at radius 3 is 2.63 bits per heavy atom. The zero-order valence-corrected chi connectivity index (χ0v) is 11.8. The van der Waals surface area contributed by atoms with Gasteiger partial charge in [-0.3, -0.25) is 10.1 Å². The summed E-state index contributed by atoms with van der Waals surface area (Å²) >= 11 is 2.24. The summed E-state index contributed by atoms with van der Waals surface area (Å²) < 4.78 is 4.65. The second-order valence-corrected chi connectivity index (χ2v) is 5.77. The molecule has 2 aromatic heterocycles. The van der Waals surface area contributed by atoms with Crippen molar-refractivity contribution in [3.63, 3.8) is 0 Å². The minimum atomic E-state index is -0.497. The molecule has 0 aliphatic rings. The highest BCUT2D eigenvalue weighted by molar-refractivity contribution is 7.24. The molecule has 19 heavy (non-hydrogen) atoms. The van der Waals surface area contributed by atoms with Crippen molar-refractivity contribution in [1.29, 1.82) is 0 Å². The third kappa shape index (κ3) is 2.32. The fourth-order valence-electron chi connectivity index (χ4n) is 1.55. The molecule has 100 valence electrons. The number of methoxy groups -OCH3 is 1. The molecule has 2 aromatic rings. The number of nitrogen functional groups attached to an aromatic ring is 1. The van der Waals surface area contributed by atoms with Crippen LogP contribution in [0.5, 0.6) is 0 Å². The number of hydrogen-bond donors (Lipinski definition) is 1. The Labute approximate surface area is 116 Å². The van der Waals surface area contributed by atoms with E-state index in [0.29, 0.717) is 10.6 Å². The average molecular weight is 298 g/mol. The van der Waals surface area contributed by atoms with Gasteiger partial charge in [0.25, 0.3) is 0 Å². The molecule has 0 amide bonds. The number of nitrogens with two attached hydrogens (primary N) is 1.